The first kappa shape index (κ1) is 20.9. The summed E-state index contributed by atoms with van der Waals surface area (Å²) in [6.45, 7) is 3.41. The number of para-hydroxylation sites is 2. The van der Waals surface area contributed by atoms with E-state index in [9.17, 15) is 9.65 Å². The van der Waals surface area contributed by atoms with Crippen molar-refractivity contribution in [2.24, 2.45) is 0 Å². The Labute approximate surface area is 191 Å². The molecule has 0 aliphatic carbocycles. The molecular formula is C27H23FN4O. The molecule has 0 spiro atoms. The molecule has 1 aromatic heterocycles. The van der Waals surface area contributed by atoms with Gasteiger partial charge in [0.2, 0.25) is 0 Å². The van der Waals surface area contributed by atoms with Crippen LogP contribution in [0.4, 0.5) is 4.39 Å². The third-order valence-corrected chi connectivity index (χ3v) is 5.99. The summed E-state index contributed by atoms with van der Waals surface area (Å²) in [6.07, 6.45) is 0. The molecule has 0 saturated carbocycles. The summed E-state index contributed by atoms with van der Waals surface area (Å²) in [5, 5.41) is 12.9. The summed E-state index contributed by atoms with van der Waals surface area (Å²) in [4.78, 5) is 4.78. The van der Waals surface area contributed by atoms with Crippen LogP contribution in [0.2, 0.25) is 0 Å². The number of aromatic nitrogens is 2. The van der Waals surface area contributed by atoms with Crippen LogP contribution in [0.25, 0.3) is 16.6 Å². The Kier molecular flexibility index (Phi) is 5.41. The lowest BCUT2D eigenvalue weighted by Crippen LogP contribution is -2.13. The fraction of sp³-hybridized carbons (Fsp3) is 0.185. The number of nitrogens with zero attached hydrogens (tertiary/aromatic N) is 3. The standard InChI is InChI=1S/C27H23FN4O/c1-17(13-29)27-21-9-7-18(11-19(21)16-33-25-12-20(28)8-10-22(25)27)15-32-24-6-4-3-5-23(24)31-26(32)14-30-2/h3-12,30H,14-16H2,1-2H3/b27-17+. The lowest BCUT2D eigenvalue weighted by Gasteiger charge is -2.14. The maximum absolute atomic E-state index is 13.9. The molecule has 1 aliphatic heterocycles. The smallest absolute Gasteiger partial charge is 0.130 e. The Morgan fingerprint density at radius 2 is 1.97 bits per heavy atom. The van der Waals surface area contributed by atoms with Crippen LogP contribution in [0, 0.1) is 17.1 Å². The predicted molar refractivity (Wildman–Crippen MR) is 126 cm³/mol. The highest BCUT2D eigenvalue weighted by molar-refractivity contribution is 5.88. The number of imidazole rings is 1. The lowest BCUT2D eigenvalue weighted by molar-refractivity contribution is 0.305. The molecule has 3 aromatic carbocycles. The first-order valence-electron chi connectivity index (χ1n) is 10.8. The van der Waals surface area contributed by atoms with Crippen LogP contribution in [-0.2, 0) is 19.7 Å². The number of halogens is 1. The fourth-order valence-corrected chi connectivity index (χ4v) is 4.47. The van der Waals surface area contributed by atoms with Gasteiger partial charge in [-0.25, -0.2) is 9.37 Å². The Morgan fingerprint density at radius 3 is 2.79 bits per heavy atom. The zero-order valence-corrected chi connectivity index (χ0v) is 18.5. The van der Waals surface area contributed by atoms with Gasteiger partial charge in [-0.1, -0.05) is 24.3 Å². The van der Waals surface area contributed by atoms with E-state index in [2.05, 4.69) is 34.2 Å². The Morgan fingerprint density at radius 1 is 1.15 bits per heavy atom. The molecule has 0 atom stereocenters. The summed E-state index contributed by atoms with van der Waals surface area (Å²) < 4.78 is 22.1. The van der Waals surface area contributed by atoms with E-state index in [1.807, 2.05) is 31.3 Å². The van der Waals surface area contributed by atoms with Gasteiger partial charge in [-0.15, -0.1) is 0 Å². The van der Waals surface area contributed by atoms with Crippen LogP contribution in [0.1, 0.15) is 35.0 Å². The molecule has 1 N–H and O–H groups in total. The van der Waals surface area contributed by atoms with E-state index >= 15 is 0 Å². The van der Waals surface area contributed by atoms with E-state index in [4.69, 9.17) is 9.72 Å². The normalized spacial score (nSPS) is 14.1. The summed E-state index contributed by atoms with van der Waals surface area (Å²) in [6, 6.07) is 21.1. The number of rotatable bonds is 4. The molecule has 4 aromatic rings. The van der Waals surface area contributed by atoms with Crippen LogP contribution in [-0.4, -0.2) is 16.6 Å². The van der Waals surface area contributed by atoms with Crippen molar-refractivity contribution in [1.29, 1.82) is 5.26 Å². The number of allylic oxidation sites excluding steroid dienone is 1. The first-order chi connectivity index (χ1) is 16.1. The molecule has 6 heteroatoms. The van der Waals surface area contributed by atoms with E-state index in [0.717, 1.165) is 44.7 Å². The van der Waals surface area contributed by atoms with Crippen molar-refractivity contribution in [3.8, 4) is 11.8 Å². The number of fused-ring (bicyclic) bond motifs is 3. The van der Waals surface area contributed by atoms with Gasteiger partial charge in [0.1, 0.15) is 24.0 Å². The van der Waals surface area contributed by atoms with Crippen molar-refractivity contribution < 1.29 is 9.13 Å². The van der Waals surface area contributed by atoms with Crippen LogP contribution >= 0.6 is 0 Å². The van der Waals surface area contributed by atoms with E-state index in [-0.39, 0.29) is 5.82 Å². The fourth-order valence-electron chi connectivity index (χ4n) is 4.47. The predicted octanol–water partition coefficient (Wildman–Crippen LogP) is 5.18. The molecule has 5 rings (SSSR count). The highest BCUT2D eigenvalue weighted by Crippen LogP contribution is 2.39. The van der Waals surface area contributed by atoms with Crippen LogP contribution in [0.3, 0.4) is 0 Å². The molecule has 0 unspecified atom stereocenters. The highest BCUT2D eigenvalue weighted by atomic mass is 19.1. The third kappa shape index (κ3) is 3.77. The van der Waals surface area contributed by atoms with Gasteiger partial charge in [0.25, 0.3) is 0 Å². The van der Waals surface area contributed by atoms with Gasteiger partial charge in [-0.2, -0.15) is 5.26 Å². The molecule has 164 valence electrons. The largest absolute Gasteiger partial charge is 0.488 e. The second-order valence-corrected chi connectivity index (χ2v) is 8.17. The number of ether oxygens (including phenoxy) is 1. The first-order valence-corrected chi connectivity index (χ1v) is 10.8. The Bertz CT molecular complexity index is 1440. The van der Waals surface area contributed by atoms with Gasteiger partial charge in [-0.05, 0) is 61.0 Å². The number of hydrogen-bond acceptors (Lipinski definition) is 4. The molecule has 1 aliphatic rings. The highest BCUT2D eigenvalue weighted by Gasteiger charge is 2.22. The van der Waals surface area contributed by atoms with Gasteiger partial charge >= 0.3 is 0 Å². The number of nitrogens with one attached hydrogen (secondary N) is 1. The summed E-state index contributed by atoms with van der Waals surface area (Å²) in [5.41, 5.74) is 7.14. The minimum Gasteiger partial charge on any atom is -0.488 e. The number of benzene rings is 3. The molecule has 0 amide bonds. The number of nitriles is 1. The van der Waals surface area contributed by atoms with Crippen LogP contribution in [0.5, 0.6) is 5.75 Å². The number of hydrogen-bond donors (Lipinski definition) is 1. The molecule has 0 fully saturated rings. The summed E-state index contributed by atoms with van der Waals surface area (Å²) in [7, 11) is 1.91. The van der Waals surface area contributed by atoms with Crippen molar-refractivity contribution >= 4 is 16.6 Å². The van der Waals surface area contributed by atoms with E-state index in [1.54, 1.807) is 13.0 Å². The third-order valence-electron chi connectivity index (χ3n) is 5.99. The molecule has 0 bridgehead atoms. The zero-order valence-electron chi connectivity index (χ0n) is 18.5. The molecule has 5 nitrogen and oxygen atoms in total. The maximum Gasteiger partial charge on any atom is 0.130 e. The molecule has 0 radical (unpaired) electrons. The lowest BCUT2D eigenvalue weighted by atomic mass is 9.90. The minimum absolute atomic E-state index is 0.301. The summed E-state index contributed by atoms with van der Waals surface area (Å²) in [5.74, 6) is 1.06. The monoisotopic (exact) mass is 438 g/mol. The molecule has 33 heavy (non-hydrogen) atoms. The van der Waals surface area contributed by atoms with Gasteiger partial charge in [0.05, 0.1) is 23.6 Å². The molecule has 0 saturated heterocycles. The van der Waals surface area contributed by atoms with E-state index in [0.29, 0.717) is 31.0 Å². The van der Waals surface area contributed by atoms with Crippen LogP contribution < -0.4 is 10.1 Å². The van der Waals surface area contributed by atoms with Gasteiger partial charge in [-0.3, -0.25) is 0 Å². The van der Waals surface area contributed by atoms with Crippen molar-refractivity contribution in [2.75, 3.05) is 7.05 Å². The Balaban J connectivity index is 1.60. The van der Waals surface area contributed by atoms with Crippen molar-refractivity contribution in [1.82, 2.24) is 14.9 Å². The van der Waals surface area contributed by atoms with E-state index in [1.165, 1.54) is 12.1 Å². The van der Waals surface area contributed by atoms with Crippen molar-refractivity contribution in [3.05, 3.63) is 100 Å². The maximum atomic E-state index is 13.9. The average Bonchev–Trinajstić information content (AvgIpc) is 3.07. The second-order valence-electron chi connectivity index (χ2n) is 8.17. The van der Waals surface area contributed by atoms with Crippen molar-refractivity contribution in [2.45, 2.75) is 26.6 Å². The van der Waals surface area contributed by atoms with Gasteiger partial charge in [0, 0.05) is 29.3 Å². The molecule has 2 heterocycles. The minimum atomic E-state index is -0.363. The zero-order chi connectivity index (χ0) is 22.9. The quantitative estimate of drug-likeness (QED) is 0.446. The van der Waals surface area contributed by atoms with Crippen LogP contribution in [0.15, 0.2) is 66.2 Å². The average molecular weight is 439 g/mol. The van der Waals surface area contributed by atoms with E-state index < -0.39 is 0 Å². The molecular weight excluding hydrogens is 415 g/mol. The van der Waals surface area contributed by atoms with Gasteiger partial charge < -0.3 is 14.6 Å². The second kappa shape index (κ2) is 8.53. The summed E-state index contributed by atoms with van der Waals surface area (Å²) >= 11 is 0. The Hall–Kier alpha value is -3.95. The SMILES string of the molecule is CNCc1nc2ccccc2n1Cc1ccc2c(c1)COc1cc(F)ccc1/C2=C(\C)C#N. The van der Waals surface area contributed by atoms with Gasteiger partial charge in [0.15, 0.2) is 0 Å². The topological polar surface area (TPSA) is 62.9 Å². The van der Waals surface area contributed by atoms with Crippen molar-refractivity contribution in [3.63, 3.8) is 0 Å².